The molecular formula is C31H23NO7. The van der Waals surface area contributed by atoms with Crippen molar-refractivity contribution in [2.24, 2.45) is 23.7 Å². The minimum atomic E-state index is -0.750. The molecule has 39 heavy (non-hydrogen) atoms. The standard InChI is InChI=1S/C31H23NO7/c33-25(18-11-13-24(14-12-18)39-31(37)19-5-2-1-3-6-19)17-38-30(36)22-7-4-8-23(16-22)32-28(34)26-20-9-10-21(15-20)27(26)29(32)35/h1-14,16,20-21,26-27H,15,17H2/t20-,21-,26-,27-/m0/s1. The molecule has 8 heteroatoms. The number of Topliss-reactive ketones (excluding diaryl/α,β-unsaturated/α-hetero) is 1. The van der Waals surface area contributed by atoms with Crippen LogP contribution < -0.4 is 9.64 Å². The third-order valence-corrected chi connectivity index (χ3v) is 7.54. The predicted molar refractivity (Wildman–Crippen MR) is 139 cm³/mol. The molecule has 0 spiro atoms. The first-order valence-corrected chi connectivity index (χ1v) is 12.6. The van der Waals surface area contributed by atoms with Crippen molar-refractivity contribution in [2.45, 2.75) is 6.42 Å². The molecule has 2 bridgehead atoms. The number of esters is 2. The highest BCUT2D eigenvalue weighted by Gasteiger charge is 2.59. The van der Waals surface area contributed by atoms with Crippen LogP contribution in [0.1, 0.15) is 37.5 Å². The summed E-state index contributed by atoms with van der Waals surface area (Å²) < 4.78 is 10.5. The van der Waals surface area contributed by atoms with Gasteiger partial charge in [-0.2, -0.15) is 0 Å². The Labute approximate surface area is 223 Å². The van der Waals surface area contributed by atoms with Gasteiger partial charge in [0.2, 0.25) is 11.8 Å². The van der Waals surface area contributed by atoms with Crippen LogP contribution >= 0.6 is 0 Å². The van der Waals surface area contributed by atoms with E-state index in [0.717, 1.165) is 6.42 Å². The molecule has 3 aromatic rings. The highest BCUT2D eigenvalue weighted by atomic mass is 16.5. The lowest BCUT2D eigenvalue weighted by atomic mass is 9.85. The first-order chi connectivity index (χ1) is 18.9. The third-order valence-electron chi connectivity index (χ3n) is 7.54. The highest BCUT2D eigenvalue weighted by Crippen LogP contribution is 2.53. The van der Waals surface area contributed by atoms with E-state index in [2.05, 4.69) is 0 Å². The Morgan fingerprint density at radius 3 is 2.03 bits per heavy atom. The van der Waals surface area contributed by atoms with E-state index >= 15 is 0 Å². The van der Waals surface area contributed by atoms with Crippen LogP contribution in [0.5, 0.6) is 5.75 Å². The summed E-state index contributed by atoms with van der Waals surface area (Å²) in [7, 11) is 0. The van der Waals surface area contributed by atoms with E-state index in [1.807, 2.05) is 12.2 Å². The molecular weight excluding hydrogens is 498 g/mol. The number of allylic oxidation sites excluding steroid dienone is 2. The van der Waals surface area contributed by atoms with Gasteiger partial charge in [-0.25, -0.2) is 14.5 Å². The molecule has 2 aliphatic carbocycles. The van der Waals surface area contributed by atoms with Gasteiger partial charge in [0, 0.05) is 5.56 Å². The Kier molecular flexibility index (Phi) is 6.15. The highest BCUT2D eigenvalue weighted by molar-refractivity contribution is 6.23. The number of fused-ring (bicyclic) bond motifs is 5. The second kappa shape index (κ2) is 9.79. The monoisotopic (exact) mass is 521 g/mol. The van der Waals surface area contributed by atoms with Crippen molar-refractivity contribution < 1.29 is 33.4 Å². The van der Waals surface area contributed by atoms with Gasteiger partial charge in [-0.1, -0.05) is 36.4 Å². The molecule has 0 radical (unpaired) electrons. The Morgan fingerprint density at radius 2 is 1.36 bits per heavy atom. The minimum absolute atomic E-state index is 0.0885. The number of rotatable bonds is 7. The fourth-order valence-electron chi connectivity index (χ4n) is 5.68. The number of ketones is 1. The maximum atomic E-state index is 13.1. The normalized spacial score (nSPS) is 22.6. The van der Waals surface area contributed by atoms with Crippen molar-refractivity contribution in [3.63, 3.8) is 0 Å². The number of carbonyl (C=O) groups excluding carboxylic acids is 5. The summed E-state index contributed by atoms with van der Waals surface area (Å²) in [4.78, 5) is 64.8. The van der Waals surface area contributed by atoms with Crippen molar-refractivity contribution in [3.8, 4) is 5.75 Å². The van der Waals surface area contributed by atoms with Gasteiger partial charge in [0.25, 0.3) is 0 Å². The van der Waals surface area contributed by atoms with Gasteiger partial charge < -0.3 is 9.47 Å². The molecule has 1 saturated carbocycles. The second-order valence-corrected chi connectivity index (χ2v) is 9.84. The molecule has 0 unspecified atom stereocenters. The summed E-state index contributed by atoms with van der Waals surface area (Å²) in [5.74, 6) is -2.41. The maximum absolute atomic E-state index is 13.1. The van der Waals surface area contributed by atoms with Gasteiger partial charge >= 0.3 is 11.9 Å². The van der Waals surface area contributed by atoms with E-state index in [1.54, 1.807) is 42.5 Å². The predicted octanol–water partition coefficient (Wildman–Crippen LogP) is 4.26. The lowest BCUT2D eigenvalue weighted by Crippen LogP contribution is -2.33. The molecule has 1 aliphatic heterocycles. The van der Waals surface area contributed by atoms with Crippen LogP contribution in [0.2, 0.25) is 0 Å². The molecule has 8 nitrogen and oxygen atoms in total. The summed E-state index contributed by atoms with van der Waals surface area (Å²) in [6.45, 7) is -0.507. The van der Waals surface area contributed by atoms with Crippen molar-refractivity contribution in [1.82, 2.24) is 0 Å². The molecule has 2 fully saturated rings. The summed E-state index contributed by atoms with van der Waals surface area (Å²) >= 11 is 0. The van der Waals surface area contributed by atoms with Gasteiger partial charge in [-0.05, 0) is 72.9 Å². The van der Waals surface area contributed by atoms with Crippen molar-refractivity contribution in [2.75, 3.05) is 11.5 Å². The van der Waals surface area contributed by atoms with Gasteiger partial charge in [0.15, 0.2) is 12.4 Å². The quantitative estimate of drug-likeness (QED) is 0.150. The topological polar surface area (TPSA) is 107 Å². The van der Waals surface area contributed by atoms with E-state index in [4.69, 9.17) is 9.47 Å². The smallest absolute Gasteiger partial charge is 0.343 e. The van der Waals surface area contributed by atoms with E-state index in [9.17, 15) is 24.0 Å². The number of nitrogens with zero attached hydrogens (tertiary/aromatic N) is 1. The average Bonchev–Trinajstić information content (AvgIpc) is 3.66. The molecule has 6 rings (SSSR count). The Hall–Kier alpha value is -4.85. The van der Waals surface area contributed by atoms with Crippen molar-refractivity contribution >= 4 is 35.2 Å². The van der Waals surface area contributed by atoms with E-state index < -0.39 is 24.3 Å². The van der Waals surface area contributed by atoms with Crippen LogP contribution in [0.25, 0.3) is 0 Å². The Balaban J connectivity index is 1.07. The first-order valence-electron chi connectivity index (χ1n) is 12.6. The lowest BCUT2D eigenvalue weighted by molar-refractivity contribution is -0.123. The van der Waals surface area contributed by atoms with Crippen LogP contribution in [0.3, 0.4) is 0 Å². The third kappa shape index (κ3) is 4.44. The fraction of sp³-hybridized carbons (Fsp3) is 0.194. The summed E-state index contributed by atoms with van der Waals surface area (Å²) in [6, 6.07) is 20.6. The fourth-order valence-corrected chi connectivity index (χ4v) is 5.68. The number of carbonyl (C=O) groups is 5. The van der Waals surface area contributed by atoms with Crippen LogP contribution in [-0.4, -0.2) is 36.1 Å². The number of imide groups is 1. The summed E-state index contributed by atoms with van der Waals surface area (Å²) in [5, 5.41) is 0. The average molecular weight is 522 g/mol. The Bertz CT molecular complexity index is 1500. The molecule has 0 N–H and O–H groups in total. The van der Waals surface area contributed by atoms with Gasteiger partial charge in [0.1, 0.15) is 5.75 Å². The number of hydrogen-bond donors (Lipinski definition) is 0. The molecule has 3 aliphatic rings. The summed E-state index contributed by atoms with van der Waals surface area (Å²) in [5.41, 5.74) is 1.13. The first kappa shape index (κ1) is 24.5. The van der Waals surface area contributed by atoms with Gasteiger partial charge in [-0.15, -0.1) is 0 Å². The SMILES string of the molecule is O=C(COC(=O)c1cccc(N2C(=O)[C@@H]3[C@@H](C2=O)[C@H]2C=C[C@H]3C2)c1)c1ccc(OC(=O)c2ccccc2)cc1. The summed E-state index contributed by atoms with van der Waals surface area (Å²) in [6.07, 6.45) is 4.88. The van der Waals surface area contributed by atoms with E-state index in [0.29, 0.717) is 11.3 Å². The van der Waals surface area contributed by atoms with E-state index in [-0.39, 0.29) is 52.4 Å². The molecule has 1 saturated heterocycles. The van der Waals surface area contributed by atoms with Crippen molar-refractivity contribution in [1.29, 1.82) is 0 Å². The van der Waals surface area contributed by atoms with Gasteiger partial charge in [0.05, 0.1) is 28.7 Å². The maximum Gasteiger partial charge on any atom is 0.343 e. The second-order valence-electron chi connectivity index (χ2n) is 9.84. The number of hydrogen-bond acceptors (Lipinski definition) is 7. The van der Waals surface area contributed by atoms with Crippen LogP contribution in [0.4, 0.5) is 5.69 Å². The number of amides is 2. The van der Waals surface area contributed by atoms with Crippen LogP contribution in [0.15, 0.2) is 91.0 Å². The number of ether oxygens (including phenoxy) is 2. The number of benzene rings is 3. The van der Waals surface area contributed by atoms with Crippen LogP contribution in [0, 0.1) is 23.7 Å². The van der Waals surface area contributed by atoms with E-state index in [1.165, 1.54) is 41.3 Å². The number of anilines is 1. The zero-order valence-electron chi connectivity index (χ0n) is 20.7. The van der Waals surface area contributed by atoms with Crippen LogP contribution in [-0.2, 0) is 14.3 Å². The molecule has 4 atom stereocenters. The molecule has 3 aromatic carbocycles. The Morgan fingerprint density at radius 1 is 0.718 bits per heavy atom. The molecule has 0 aromatic heterocycles. The minimum Gasteiger partial charge on any atom is -0.454 e. The lowest BCUT2D eigenvalue weighted by Gasteiger charge is -2.18. The molecule has 2 amide bonds. The molecule has 1 heterocycles. The molecule has 194 valence electrons. The van der Waals surface area contributed by atoms with Crippen molar-refractivity contribution in [3.05, 3.63) is 108 Å². The zero-order chi connectivity index (χ0) is 27.1. The largest absolute Gasteiger partial charge is 0.454 e. The van der Waals surface area contributed by atoms with Gasteiger partial charge in [-0.3, -0.25) is 14.4 Å². The zero-order valence-corrected chi connectivity index (χ0v) is 20.7.